The number of amidine groups is 1. The number of nitrogens with two attached hydrogens (primary N) is 1. The van der Waals surface area contributed by atoms with Crippen LogP contribution in [-0.2, 0) is 9.53 Å². The Hall–Kier alpha value is -2.43. The van der Waals surface area contributed by atoms with E-state index in [2.05, 4.69) is 58.3 Å². The molecule has 190 valence electrons. The predicted octanol–water partition coefficient (Wildman–Crippen LogP) is 2.91. The number of aliphatic carboxylic acids is 1. The molecule has 9 heteroatoms. The Morgan fingerprint density at radius 3 is 2.34 bits per heavy atom. The molecule has 8 nitrogen and oxygen atoms in total. The fourth-order valence-corrected chi connectivity index (χ4v) is 4.76. The van der Waals surface area contributed by atoms with E-state index in [9.17, 15) is 4.79 Å². The molecule has 0 spiro atoms. The molecule has 1 atom stereocenters. The van der Waals surface area contributed by atoms with E-state index in [0.29, 0.717) is 13.2 Å². The number of nitrogens with zero attached hydrogens (tertiary/aromatic N) is 3. The zero-order valence-corrected chi connectivity index (χ0v) is 21.3. The van der Waals surface area contributed by atoms with Crippen LogP contribution in [-0.4, -0.2) is 90.4 Å². The van der Waals surface area contributed by atoms with Gasteiger partial charge in [-0.1, -0.05) is 55.9 Å². The first-order chi connectivity index (χ1) is 16.9. The fourth-order valence-electron chi connectivity index (χ4n) is 3.74. The summed E-state index contributed by atoms with van der Waals surface area (Å²) in [5.41, 5.74) is 7.43. The normalized spacial score (nSPS) is 16.4. The van der Waals surface area contributed by atoms with Crippen molar-refractivity contribution >= 4 is 29.3 Å². The van der Waals surface area contributed by atoms with Gasteiger partial charge >= 0.3 is 5.97 Å². The Balaban J connectivity index is 0.000000371. The highest BCUT2D eigenvalue weighted by atomic mass is 32.2. The van der Waals surface area contributed by atoms with Crippen molar-refractivity contribution in [3.05, 3.63) is 54.1 Å². The van der Waals surface area contributed by atoms with Gasteiger partial charge in [0.25, 0.3) is 0 Å². The summed E-state index contributed by atoms with van der Waals surface area (Å²) in [4.78, 5) is 22.4. The van der Waals surface area contributed by atoms with E-state index >= 15 is 0 Å². The number of ether oxygens (including phenoxy) is 1. The number of carboxylic acid groups (broad SMARTS) is 1. The van der Waals surface area contributed by atoms with Crippen LogP contribution in [0.25, 0.3) is 0 Å². The third kappa shape index (κ3) is 7.78. The van der Waals surface area contributed by atoms with Gasteiger partial charge in [0.1, 0.15) is 11.9 Å². The summed E-state index contributed by atoms with van der Waals surface area (Å²) in [6.45, 7) is 9.57. The number of aliphatic hydroxyl groups excluding tert-OH is 1. The highest BCUT2D eigenvalue weighted by Gasteiger charge is 2.25. The zero-order chi connectivity index (χ0) is 25.2. The number of aliphatic imine (C=N–C) groups is 1. The lowest BCUT2D eigenvalue weighted by molar-refractivity contribution is -0.139. The zero-order valence-electron chi connectivity index (χ0n) is 20.5. The summed E-state index contributed by atoms with van der Waals surface area (Å²) >= 11 is 1.80. The number of aliphatic hydroxyl groups is 1. The largest absolute Gasteiger partial charge is 0.480 e. The maximum Gasteiger partial charge on any atom is 0.320 e. The van der Waals surface area contributed by atoms with Gasteiger partial charge in [-0.15, -0.1) is 0 Å². The Morgan fingerprint density at radius 1 is 1.06 bits per heavy atom. The second-order valence-electron chi connectivity index (χ2n) is 8.77. The molecule has 2 aliphatic heterocycles. The molecule has 1 saturated heterocycles. The molecule has 4 rings (SSSR count). The van der Waals surface area contributed by atoms with Gasteiger partial charge in [-0.2, -0.15) is 0 Å². The van der Waals surface area contributed by atoms with E-state index in [-0.39, 0.29) is 12.5 Å². The van der Waals surface area contributed by atoms with Gasteiger partial charge in [0.05, 0.1) is 25.5 Å². The minimum absolute atomic E-state index is 0.0208. The average Bonchev–Trinajstić information content (AvgIpc) is 3.03. The van der Waals surface area contributed by atoms with E-state index < -0.39 is 12.0 Å². The number of hydrogen-bond acceptors (Lipinski definition) is 8. The predicted molar refractivity (Wildman–Crippen MR) is 140 cm³/mol. The summed E-state index contributed by atoms with van der Waals surface area (Å²) in [5, 5.41) is 17.0. The summed E-state index contributed by atoms with van der Waals surface area (Å²) in [5.74, 6) is 0.173. The van der Waals surface area contributed by atoms with E-state index in [4.69, 9.17) is 25.7 Å². The van der Waals surface area contributed by atoms with E-state index in [1.54, 1.807) is 25.6 Å². The minimum Gasteiger partial charge on any atom is -0.480 e. The number of para-hydroxylation sites is 1. The van der Waals surface area contributed by atoms with Gasteiger partial charge in [-0.25, -0.2) is 4.99 Å². The maximum absolute atomic E-state index is 10.0. The van der Waals surface area contributed by atoms with Crippen molar-refractivity contribution < 1.29 is 19.7 Å². The summed E-state index contributed by atoms with van der Waals surface area (Å²) in [6.07, 6.45) is 0. The Morgan fingerprint density at radius 2 is 1.71 bits per heavy atom. The van der Waals surface area contributed by atoms with E-state index in [1.165, 1.54) is 15.4 Å². The number of carboxylic acids is 1. The molecule has 0 bridgehead atoms. The molecule has 2 aliphatic rings. The number of benzene rings is 2. The third-order valence-electron chi connectivity index (χ3n) is 5.90. The molecular weight excluding hydrogens is 464 g/mol. The number of piperazine rings is 1. The molecule has 0 unspecified atom stereocenters. The number of fused-ring (bicyclic) bond motifs is 2. The van der Waals surface area contributed by atoms with Crippen molar-refractivity contribution in [2.24, 2.45) is 16.6 Å². The monoisotopic (exact) mass is 500 g/mol. The lowest BCUT2D eigenvalue weighted by Crippen LogP contribution is -2.49. The highest BCUT2D eigenvalue weighted by molar-refractivity contribution is 7.99. The van der Waals surface area contributed by atoms with E-state index in [1.807, 2.05) is 0 Å². The van der Waals surface area contributed by atoms with Gasteiger partial charge in [0, 0.05) is 48.1 Å². The lowest BCUT2D eigenvalue weighted by Gasteiger charge is -2.36. The first kappa shape index (κ1) is 27.2. The van der Waals surface area contributed by atoms with Gasteiger partial charge in [-0.05, 0) is 24.1 Å². The quantitative estimate of drug-likeness (QED) is 0.498. The second-order valence-corrected chi connectivity index (χ2v) is 9.86. The summed E-state index contributed by atoms with van der Waals surface area (Å²) in [7, 11) is 0. The van der Waals surface area contributed by atoms with Gasteiger partial charge in [-0.3, -0.25) is 9.69 Å². The number of rotatable bonds is 7. The van der Waals surface area contributed by atoms with Crippen molar-refractivity contribution in [3.8, 4) is 0 Å². The van der Waals surface area contributed by atoms with Crippen LogP contribution in [0.1, 0.15) is 19.4 Å². The standard InChI is InChI=1S/C21H25N3O2S.C5H11NO2/c25-14-16-26-15-13-23-9-11-24(12-10-23)21-17-5-1-3-7-19(17)27-20-8-4-2-6-18(20)22-21;1-3(2)4(6)5(7)8/h1-8,25H,9-16H2;3-4H,6H2,1-2H3,(H,7,8)/t;4-/m.0/s1. The van der Waals surface area contributed by atoms with Crippen LogP contribution in [0, 0.1) is 5.92 Å². The van der Waals surface area contributed by atoms with Crippen molar-refractivity contribution in [3.63, 3.8) is 0 Å². The topological polar surface area (TPSA) is 112 Å². The summed E-state index contributed by atoms with van der Waals surface area (Å²) < 4.78 is 5.40. The number of carbonyl (C=O) groups is 1. The third-order valence-corrected chi connectivity index (χ3v) is 7.04. The SMILES string of the molecule is CC(C)[C@H](N)C(=O)O.OCCOCCN1CCN(C2=Nc3ccccc3Sc3ccccc32)CC1. The minimum atomic E-state index is -0.931. The molecule has 0 saturated carbocycles. The molecule has 2 aromatic rings. The molecule has 1 fully saturated rings. The number of hydrogen-bond donors (Lipinski definition) is 3. The molecule has 2 heterocycles. The van der Waals surface area contributed by atoms with Crippen LogP contribution >= 0.6 is 11.8 Å². The van der Waals surface area contributed by atoms with Crippen LogP contribution in [0.2, 0.25) is 0 Å². The molecule has 0 radical (unpaired) electrons. The fraction of sp³-hybridized carbons (Fsp3) is 0.462. The molecule has 35 heavy (non-hydrogen) atoms. The average molecular weight is 501 g/mol. The van der Waals surface area contributed by atoms with Crippen molar-refractivity contribution in [2.75, 3.05) is 52.5 Å². The lowest BCUT2D eigenvalue weighted by atomic mass is 10.1. The Kier molecular flexibility index (Phi) is 10.6. The van der Waals surface area contributed by atoms with Crippen molar-refractivity contribution in [1.82, 2.24) is 9.80 Å². The van der Waals surface area contributed by atoms with Crippen LogP contribution in [0.15, 0.2) is 63.3 Å². The van der Waals surface area contributed by atoms with Crippen molar-refractivity contribution in [2.45, 2.75) is 29.7 Å². The first-order valence-electron chi connectivity index (χ1n) is 12.0. The van der Waals surface area contributed by atoms with Crippen LogP contribution in [0.4, 0.5) is 5.69 Å². The molecule has 4 N–H and O–H groups in total. The smallest absolute Gasteiger partial charge is 0.320 e. The Bertz CT molecular complexity index is 993. The molecule has 0 aromatic heterocycles. The molecule has 0 amide bonds. The summed E-state index contributed by atoms with van der Waals surface area (Å²) in [6, 6.07) is 16.2. The van der Waals surface area contributed by atoms with Gasteiger partial charge in [0.15, 0.2) is 0 Å². The highest BCUT2D eigenvalue weighted by Crippen LogP contribution is 2.40. The van der Waals surface area contributed by atoms with Gasteiger partial charge in [0.2, 0.25) is 0 Å². The van der Waals surface area contributed by atoms with Crippen LogP contribution in [0.5, 0.6) is 0 Å². The van der Waals surface area contributed by atoms with Crippen LogP contribution in [0.3, 0.4) is 0 Å². The molecule has 2 aromatic carbocycles. The molecular formula is C26H36N4O4S. The second kappa shape index (κ2) is 13.6. The van der Waals surface area contributed by atoms with E-state index in [0.717, 1.165) is 44.2 Å². The van der Waals surface area contributed by atoms with Crippen molar-refractivity contribution in [1.29, 1.82) is 0 Å². The Labute approximate surface area is 211 Å². The molecule has 0 aliphatic carbocycles. The first-order valence-corrected chi connectivity index (χ1v) is 12.8. The van der Waals surface area contributed by atoms with Crippen LogP contribution < -0.4 is 5.73 Å². The maximum atomic E-state index is 10.0. The van der Waals surface area contributed by atoms with Gasteiger partial charge < -0.3 is 25.6 Å².